The molecule has 1 rings (SSSR count). The fourth-order valence-electron chi connectivity index (χ4n) is 1.58. The van der Waals surface area contributed by atoms with Crippen LogP contribution in [0.2, 0.25) is 5.54 Å². The molecule has 0 aromatic carbocycles. The summed E-state index contributed by atoms with van der Waals surface area (Å²) in [5.74, 6) is -0.243. The molecule has 18 heavy (non-hydrogen) atoms. The van der Waals surface area contributed by atoms with Gasteiger partial charge in [-0.05, 0) is 17.7 Å². The molecule has 1 heterocycles. The monoisotopic (exact) mass is 269 g/mol. The highest BCUT2D eigenvalue weighted by atomic mass is 28.3. The van der Waals surface area contributed by atoms with Gasteiger partial charge in [0.05, 0.1) is 13.0 Å². The molecule has 5 nitrogen and oxygen atoms in total. The van der Waals surface area contributed by atoms with Crippen molar-refractivity contribution in [1.82, 2.24) is 4.98 Å². The van der Waals surface area contributed by atoms with Gasteiger partial charge >= 0.3 is 15.3 Å². The Morgan fingerprint density at radius 3 is 2.50 bits per heavy atom. The van der Waals surface area contributed by atoms with E-state index < -0.39 is 9.28 Å². The molecule has 0 bridgehead atoms. The minimum absolute atomic E-state index is 0.126. The minimum atomic E-state index is -1.72. The summed E-state index contributed by atoms with van der Waals surface area (Å²) in [4.78, 5) is 15.5. The lowest BCUT2D eigenvalue weighted by Gasteiger charge is -2.18. The molecular weight excluding hydrogens is 250 g/mol. The Bertz CT molecular complexity index is 356. The number of rotatable bonds is 7. The van der Waals surface area contributed by atoms with Gasteiger partial charge < -0.3 is 13.6 Å². The Kier molecular flexibility index (Phi) is 6.56. The zero-order chi connectivity index (χ0) is 13.4. The van der Waals surface area contributed by atoms with Crippen molar-refractivity contribution < 1.29 is 18.4 Å². The van der Waals surface area contributed by atoms with Crippen molar-refractivity contribution in [2.24, 2.45) is 0 Å². The maximum absolute atomic E-state index is 11.6. The van der Waals surface area contributed by atoms with Gasteiger partial charge in [-0.1, -0.05) is 6.92 Å². The van der Waals surface area contributed by atoms with Crippen LogP contribution in [0.5, 0.6) is 0 Å². The van der Waals surface area contributed by atoms with Gasteiger partial charge in [-0.2, -0.15) is 0 Å². The van der Waals surface area contributed by atoms with Crippen LogP contribution in [0, 0.1) is 0 Å². The van der Waals surface area contributed by atoms with E-state index in [0.29, 0.717) is 6.61 Å². The fourth-order valence-corrected chi connectivity index (χ4v) is 2.96. The third-order valence-electron chi connectivity index (χ3n) is 2.53. The molecule has 100 valence electrons. The first kappa shape index (κ1) is 14.8. The van der Waals surface area contributed by atoms with Crippen LogP contribution in [-0.4, -0.2) is 41.1 Å². The van der Waals surface area contributed by atoms with Crippen LogP contribution in [0.1, 0.15) is 12.5 Å². The van der Waals surface area contributed by atoms with E-state index in [1.807, 2.05) is 6.92 Å². The maximum Gasteiger partial charge on any atom is 0.327 e. The molecule has 1 unspecified atom stereocenters. The zero-order valence-electron chi connectivity index (χ0n) is 11.0. The van der Waals surface area contributed by atoms with E-state index in [-0.39, 0.29) is 17.9 Å². The van der Waals surface area contributed by atoms with Gasteiger partial charge in [0.2, 0.25) is 0 Å². The molecule has 1 aromatic heterocycles. The Labute approximate surface area is 109 Å². The van der Waals surface area contributed by atoms with E-state index in [4.69, 9.17) is 13.6 Å². The molecule has 6 heteroatoms. The Hall–Kier alpha value is -1.24. The van der Waals surface area contributed by atoms with E-state index in [1.54, 1.807) is 38.7 Å². The molecule has 0 saturated carbocycles. The van der Waals surface area contributed by atoms with Crippen LogP contribution < -0.4 is 0 Å². The number of ether oxygens (including phenoxy) is 1. The Morgan fingerprint density at radius 2 is 1.94 bits per heavy atom. The lowest BCUT2D eigenvalue weighted by Crippen LogP contribution is -2.28. The van der Waals surface area contributed by atoms with Crippen molar-refractivity contribution in [1.29, 1.82) is 0 Å². The van der Waals surface area contributed by atoms with E-state index in [2.05, 4.69) is 4.98 Å². The lowest BCUT2D eigenvalue weighted by molar-refractivity contribution is -0.142. The molecule has 1 aromatic rings. The van der Waals surface area contributed by atoms with Crippen molar-refractivity contribution >= 4 is 15.3 Å². The predicted octanol–water partition coefficient (Wildman–Crippen LogP) is 1.07. The molecule has 0 saturated heterocycles. The highest BCUT2D eigenvalue weighted by molar-refractivity contribution is 6.46. The van der Waals surface area contributed by atoms with Crippen molar-refractivity contribution in [2.75, 3.05) is 20.8 Å². The molecule has 0 aliphatic carbocycles. The Morgan fingerprint density at radius 1 is 1.33 bits per heavy atom. The summed E-state index contributed by atoms with van der Waals surface area (Å²) in [7, 11) is 1.52. The number of hydrogen-bond acceptors (Lipinski definition) is 5. The summed E-state index contributed by atoms with van der Waals surface area (Å²) in [6, 6.07) is 3.60. The highest BCUT2D eigenvalue weighted by Crippen LogP contribution is 2.11. The average molecular weight is 269 g/mol. The number of aromatic nitrogens is 1. The topological polar surface area (TPSA) is 57.7 Å². The van der Waals surface area contributed by atoms with Crippen LogP contribution in [0.25, 0.3) is 0 Å². The highest BCUT2D eigenvalue weighted by Gasteiger charge is 2.21. The smallest absolute Gasteiger partial charge is 0.327 e. The number of hydrogen-bond donors (Lipinski definition) is 0. The van der Waals surface area contributed by atoms with Crippen LogP contribution in [0.15, 0.2) is 24.5 Å². The van der Waals surface area contributed by atoms with E-state index in [1.165, 1.54) is 0 Å². The molecule has 0 aliphatic heterocycles. The predicted molar refractivity (Wildman–Crippen MR) is 69.5 cm³/mol. The van der Waals surface area contributed by atoms with Crippen molar-refractivity contribution in [2.45, 2.75) is 18.9 Å². The molecule has 0 fully saturated rings. The maximum atomic E-state index is 11.6. The normalized spacial score (nSPS) is 12.4. The van der Waals surface area contributed by atoms with Gasteiger partial charge in [0, 0.05) is 32.2 Å². The second-order valence-electron chi connectivity index (χ2n) is 4.03. The Balaban J connectivity index is 2.33. The summed E-state index contributed by atoms with van der Waals surface area (Å²) in [6.07, 6.45) is 3.58. The second kappa shape index (κ2) is 7.96. The number of nitrogens with zero attached hydrogens (tertiary/aromatic N) is 1. The van der Waals surface area contributed by atoms with Crippen LogP contribution in [0.4, 0.5) is 0 Å². The standard InChI is InChI=1S/C12H19NO4Si/c1-10(18(15-2)16-3)9-17-12(14)8-11-4-6-13-7-5-11/h4-7,10,18H,8-9H2,1-3H3. The summed E-state index contributed by atoms with van der Waals surface area (Å²) < 4.78 is 15.7. The first-order chi connectivity index (χ1) is 8.67. The van der Waals surface area contributed by atoms with Crippen LogP contribution in [0.3, 0.4) is 0 Å². The average Bonchev–Trinajstić information content (AvgIpc) is 2.39. The molecule has 0 aliphatic rings. The molecule has 0 N–H and O–H groups in total. The first-order valence-electron chi connectivity index (χ1n) is 5.77. The van der Waals surface area contributed by atoms with E-state index in [0.717, 1.165) is 5.56 Å². The van der Waals surface area contributed by atoms with Crippen molar-refractivity contribution in [3.63, 3.8) is 0 Å². The summed E-state index contributed by atoms with van der Waals surface area (Å²) in [6.45, 7) is 2.30. The first-order valence-corrected chi connectivity index (χ1v) is 7.38. The van der Waals surface area contributed by atoms with Gasteiger partial charge in [0.1, 0.15) is 0 Å². The molecule has 0 amide bonds. The number of carbonyl (C=O) groups excluding carboxylic acids is 1. The van der Waals surface area contributed by atoms with Crippen LogP contribution >= 0.6 is 0 Å². The minimum Gasteiger partial charge on any atom is -0.465 e. The van der Waals surface area contributed by atoms with Crippen LogP contribution in [-0.2, 0) is 24.8 Å². The quantitative estimate of drug-likeness (QED) is 0.547. The zero-order valence-corrected chi connectivity index (χ0v) is 12.1. The molecule has 0 spiro atoms. The molecule has 0 radical (unpaired) electrons. The van der Waals surface area contributed by atoms with Crippen molar-refractivity contribution in [3.8, 4) is 0 Å². The third kappa shape index (κ3) is 4.95. The summed E-state index contributed by atoms with van der Waals surface area (Å²) in [5, 5.41) is 0. The second-order valence-corrected chi connectivity index (χ2v) is 6.85. The van der Waals surface area contributed by atoms with Gasteiger partial charge in [0.15, 0.2) is 0 Å². The number of pyridine rings is 1. The van der Waals surface area contributed by atoms with Gasteiger partial charge in [0.25, 0.3) is 0 Å². The van der Waals surface area contributed by atoms with Crippen molar-refractivity contribution in [3.05, 3.63) is 30.1 Å². The lowest BCUT2D eigenvalue weighted by atomic mass is 10.2. The van der Waals surface area contributed by atoms with Gasteiger partial charge in [-0.25, -0.2) is 0 Å². The molecule has 1 atom stereocenters. The summed E-state index contributed by atoms with van der Waals surface area (Å²) >= 11 is 0. The van der Waals surface area contributed by atoms with Gasteiger partial charge in [-0.15, -0.1) is 0 Å². The van der Waals surface area contributed by atoms with Gasteiger partial charge in [-0.3, -0.25) is 9.78 Å². The largest absolute Gasteiger partial charge is 0.465 e. The summed E-state index contributed by atoms with van der Waals surface area (Å²) in [5.41, 5.74) is 1.02. The third-order valence-corrected chi connectivity index (χ3v) is 4.59. The SMILES string of the molecule is CO[SiH](OC)C(C)COC(=O)Cc1ccncc1. The fraction of sp³-hybridized carbons (Fsp3) is 0.500. The number of carbonyl (C=O) groups is 1. The number of esters is 1. The van der Waals surface area contributed by atoms with E-state index in [9.17, 15) is 4.79 Å². The van der Waals surface area contributed by atoms with E-state index >= 15 is 0 Å². The molecular formula is C12H19NO4Si.